The van der Waals surface area contributed by atoms with Crippen LogP contribution in [0.1, 0.15) is 36.6 Å². The Morgan fingerprint density at radius 1 is 0.742 bits per heavy atom. The van der Waals surface area contributed by atoms with E-state index in [1.54, 1.807) is 78.9 Å². The van der Waals surface area contributed by atoms with Gasteiger partial charge in [-0.2, -0.15) is 0 Å². The van der Waals surface area contributed by atoms with Crippen molar-refractivity contribution in [3.05, 3.63) is 101 Å². The lowest BCUT2D eigenvalue weighted by molar-refractivity contribution is 0.0600. The molecule has 0 spiro atoms. The van der Waals surface area contributed by atoms with Gasteiger partial charge in [-0.1, -0.05) is 30.3 Å². The molecule has 0 aliphatic rings. The summed E-state index contributed by atoms with van der Waals surface area (Å²) in [6, 6.07) is 19.7. The lowest BCUT2D eigenvalue weighted by Gasteiger charge is -2.08. The second kappa shape index (κ2) is 10.0. The number of benzene rings is 3. The van der Waals surface area contributed by atoms with Crippen molar-refractivity contribution in [2.24, 2.45) is 0 Å². The molecule has 0 amide bonds. The molecule has 0 fully saturated rings. The Bertz CT molecular complexity index is 1110. The minimum absolute atomic E-state index is 0.209. The normalized spacial score (nSPS) is 10.5. The van der Waals surface area contributed by atoms with Crippen LogP contribution in [-0.4, -0.2) is 31.9 Å². The summed E-state index contributed by atoms with van der Waals surface area (Å²) in [5.74, 6) is -0.441. The molecule has 31 heavy (non-hydrogen) atoms. The second-order valence-electron chi connectivity index (χ2n) is 6.43. The van der Waals surface area contributed by atoms with E-state index in [0.29, 0.717) is 28.2 Å². The van der Waals surface area contributed by atoms with Gasteiger partial charge in [0.05, 0.1) is 19.8 Å². The first kappa shape index (κ1) is 21.5. The van der Waals surface area contributed by atoms with Crippen LogP contribution in [0.15, 0.2) is 78.9 Å². The molecule has 3 aromatic rings. The van der Waals surface area contributed by atoms with Crippen molar-refractivity contribution in [2.75, 3.05) is 14.2 Å². The van der Waals surface area contributed by atoms with E-state index in [9.17, 15) is 14.4 Å². The summed E-state index contributed by atoms with van der Waals surface area (Å²) < 4.78 is 15.2. The van der Waals surface area contributed by atoms with Gasteiger partial charge in [0.25, 0.3) is 0 Å². The number of hydrogen-bond donors (Lipinski definition) is 0. The number of rotatable bonds is 7. The fourth-order valence-corrected chi connectivity index (χ4v) is 2.78. The van der Waals surface area contributed by atoms with Crippen molar-refractivity contribution >= 4 is 23.8 Å². The minimum Gasteiger partial charge on any atom is -0.496 e. The van der Waals surface area contributed by atoms with Gasteiger partial charge in [-0.15, -0.1) is 0 Å². The molecule has 0 bridgehead atoms. The van der Waals surface area contributed by atoms with E-state index >= 15 is 0 Å². The van der Waals surface area contributed by atoms with E-state index < -0.39 is 11.9 Å². The summed E-state index contributed by atoms with van der Waals surface area (Å²) in [7, 11) is 2.80. The molecule has 0 aliphatic heterocycles. The molecular weight excluding hydrogens is 396 g/mol. The Hall–Kier alpha value is -4.19. The first-order valence-corrected chi connectivity index (χ1v) is 9.38. The maximum Gasteiger partial charge on any atom is 0.347 e. The maximum atomic E-state index is 12.4. The van der Waals surface area contributed by atoms with Crippen molar-refractivity contribution in [1.29, 1.82) is 0 Å². The summed E-state index contributed by atoms with van der Waals surface area (Å²) in [5, 5.41) is 0. The van der Waals surface area contributed by atoms with Gasteiger partial charge < -0.3 is 14.2 Å². The van der Waals surface area contributed by atoms with E-state index in [4.69, 9.17) is 9.47 Å². The van der Waals surface area contributed by atoms with Crippen molar-refractivity contribution in [3.8, 4) is 11.5 Å². The fourth-order valence-electron chi connectivity index (χ4n) is 2.78. The number of allylic oxidation sites excluding steroid dienone is 1. The monoisotopic (exact) mass is 416 g/mol. The quantitative estimate of drug-likeness (QED) is 0.242. The number of esters is 2. The zero-order chi connectivity index (χ0) is 22.2. The molecule has 0 aliphatic carbocycles. The summed E-state index contributed by atoms with van der Waals surface area (Å²) >= 11 is 0. The Labute approximate surface area is 179 Å². The first-order valence-electron chi connectivity index (χ1n) is 9.38. The van der Waals surface area contributed by atoms with E-state index in [2.05, 4.69) is 4.74 Å². The summed E-state index contributed by atoms with van der Waals surface area (Å²) in [6.45, 7) is 0. The molecule has 0 N–H and O–H groups in total. The Morgan fingerprint density at radius 2 is 1.39 bits per heavy atom. The zero-order valence-electron chi connectivity index (χ0n) is 17.0. The van der Waals surface area contributed by atoms with Crippen LogP contribution in [0.5, 0.6) is 11.5 Å². The van der Waals surface area contributed by atoms with Gasteiger partial charge in [0.2, 0.25) is 0 Å². The predicted molar refractivity (Wildman–Crippen MR) is 116 cm³/mol. The van der Waals surface area contributed by atoms with Crippen LogP contribution in [-0.2, 0) is 4.74 Å². The van der Waals surface area contributed by atoms with Crippen LogP contribution in [0.3, 0.4) is 0 Å². The molecule has 0 saturated carbocycles. The Balaban J connectivity index is 1.64. The molecule has 3 rings (SSSR count). The number of carbonyl (C=O) groups is 3. The molecule has 0 radical (unpaired) electrons. The Kier molecular flexibility index (Phi) is 6.96. The number of ketones is 1. The van der Waals surface area contributed by atoms with Gasteiger partial charge in [0, 0.05) is 5.56 Å². The molecule has 6 nitrogen and oxygen atoms in total. The number of methoxy groups -OCH3 is 2. The zero-order valence-corrected chi connectivity index (χ0v) is 17.0. The van der Waals surface area contributed by atoms with Crippen molar-refractivity contribution < 1.29 is 28.6 Å². The highest BCUT2D eigenvalue weighted by atomic mass is 16.5. The van der Waals surface area contributed by atoms with Crippen molar-refractivity contribution in [2.45, 2.75) is 0 Å². The molecule has 156 valence electrons. The molecule has 0 unspecified atom stereocenters. The standard InChI is InChI=1S/C25H20O6/c1-29-23-6-4-3-5-21(23)25(28)31-20-14-12-18(13-15-20)22(26)16-9-17-7-10-19(11-8-17)24(27)30-2/h3-16H,1-2H3. The lowest BCUT2D eigenvalue weighted by Crippen LogP contribution is -2.10. The van der Waals surface area contributed by atoms with Gasteiger partial charge in [0.15, 0.2) is 5.78 Å². The van der Waals surface area contributed by atoms with Crippen LogP contribution < -0.4 is 9.47 Å². The highest BCUT2D eigenvalue weighted by molar-refractivity contribution is 6.07. The molecule has 0 saturated heterocycles. The molecular formula is C25H20O6. The summed E-state index contributed by atoms with van der Waals surface area (Å²) in [4.78, 5) is 36.2. The lowest BCUT2D eigenvalue weighted by atomic mass is 10.1. The fraction of sp³-hybridized carbons (Fsp3) is 0.0800. The third-order valence-corrected chi connectivity index (χ3v) is 4.44. The maximum absolute atomic E-state index is 12.4. The van der Waals surface area contributed by atoms with Gasteiger partial charge in [-0.05, 0) is 60.2 Å². The average molecular weight is 416 g/mol. The number of para-hydroxylation sites is 1. The number of carbonyl (C=O) groups excluding carboxylic acids is 3. The number of hydrogen-bond acceptors (Lipinski definition) is 6. The first-order chi connectivity index (χ1) is 15.0. The molecule has 0 aromatic heterocycles. The average Bonchev–Trinajstić information content (AvgIpc) is 2.82. The highest BCUT2D eigenvalue weighted by Crippen LogP contribution is 2.21. The molecule has 3 aromatic carbocycles. The second-order valence-corrected chi connectivity index (χ2v) is 6.43. The van der Waals surface area contributed by atoms with Gasteiger partial charge >= 0.3 is 11.9 Å². The van der Waals surface area contributed by atoms with Gasteiger partial charge in [-0.3, -0.25) is 4.79 Å². The van der Waals surface area contributed by atoms with E-state index in [1.165, 1.54) is 20.3 Å². The van der Waals surface area contributed by atoms with Crippen LogP contribution in [0, 0.1) is 0 Å². The van der Waals surface area contributed by atoms with E-state index in [-0.39, 0.29) is 5.78 Å². The summed E-state index contributed by atoms with van der Waals surface area (Å²) in [5.41, 5.74) is 1.96. The smallest absolute Gasteiger partial charge is 0.347 e. The van der Waals surface area contributed by atoms with Crippen molar-refractivity contribution in [3.63, 3.8) is 0 Å². The number of ether oxygens (including phenoxy) is 3. The highest BCUT2D eigenvalue weighted by Gasteiger charge is 2.14. The van der Waals surface area contributed by atoms with E-state index in [1.807, 2.05) is 0 Å². The topological polar surface area (TPSA) is 78.9 Å². The largest absolute Gasteiger partial charge is 0.496 e. The molecule has 0 atom stereocenters. The molecule has 6 heteroatoms. The molecule has 0 heterocycles. The van der Waals surface area contributed by atoms with Gasteiger partial charge in [-0.25, -0.2) is 9.59 Å². The third kappa shape index (κ3) is 5.45. The van der Waals surface area contributed by atoms with Crippen LogP contribution >= 0.6 is 0 Å². The van der Waals surface area contributed by atoms with Crippen molar-refractivity contribution in [1.82, 2.24) is 0 Å². The summed E-state index contributed by atoms with van der Waals surface area (Å²) in [6.07, 6.45) is 3.09. The van der Waals surface area contributed by atoms with E-state index in [0.717, 1.165) is 5.56 Å². The van der Waals surface area contributed by atoms with Crippen LogP contribution in [0.2, 0.25) is 0 Å². The predicted octanol–water partition coefficient (Wildman–Crippen LogP) is 4.60. The van der Waals surface area contributed by atoms with Crippen LogP contribution in [0.4, 0.5) is 0 Å². The SMILES string of the molecule is COC(=O)c1ccc(C=CC(=O)c2ccc(OC(=O)c3ccccc3OC)cc2)cc1. The van der Waals surface area contributed by atoms with Gasteiger partial charge in [0.1, 0.15) is 17.1 Å². The van der Waals surface area contributed by atoms with Crippen LogP contribution in [0.25, 0.3) is 6.08 Å². The third-order valence-electron chi connectivity index (χ3n) is 4.44. The minimum atomic E-state index is -0.549. The Morgan fingerprint density at radius 3 is 2.03 bits per heavy atom.